The molecular formula is C11H16ClNO2S. The third-order valence-electron chi connectivity index (χ3n) is 2.16. The van der Waals surface area contributed by atoms with Gasteiger partial charge in [0.1, 0.15) is 0 Å². The summed E-state index contributed by atoms with van der Waals surface area (Å²) >= 11 is 5.86. The molecule has 1 atom stereocenters. The summed E-state index contributed by atoms with van der Waals surface area (Å²) in [5.74, 6) is 0.629. The van der Waals surface area contributed by atoms with Crippen molar-refractivity contribution >= 4 is 28.1 Å². The summed E-state index contributed by atoms with van der Waals surface area (Å²) in [5.41, 5.74) is 6.10. The highest BCUT2D eigenvalue weighted by Gasteiger charge is 2.05. The van der Waals surface area contributed by atoms with Crippen LogP contribution in [-0.4, -0.2) is 23.7 Å². The maximum Gasteiger partial charge on any atom is 0.0647 e. The largest absolute Gasteiger partial charge is 0.398 e. The zero-order valence-electron chi connectivity index (χ0n) is 9.24. The third kappa shape index (κ3) is 4.12. The summed E-state index contributed by atoms with van der Waals surface area (Å²) in [6.45, 7) is 0.708. The Hall–Kier alpha value is -0.580. The number of hydrogen-bond donors (Lipinski definition) is 1. The van der Waals surface area contributed by atoms with Gasteiger partial charge in [-0.15, -0.1) is 0 Å². The van der Waals surface area contributed by atoms with Gasteiger partial charge in [-0.2, -0.15) is 0 Å². The van der Waals surface area contributed by atoms with Crippen molar-refractivity contribution < 1.29 is 8.95 Å². The van der Waals surface area contributed by atoms with Crippen LogP contribution < -0.4 is 5.73 Å². The molecule has 0 saturated carbocycles. The van der Waals surface area contributed by atoms with Crippen LogP contribution in [0.25, 0.3) is 0 Å². The normalized spacial score (nSPS) is 12.6. The van der Waals surface area contributed by atoms with E-state index in [9.17, 15) is 4.21 Å². The second-order valence-corrected chi connectivity index (χ2v) is 5.41. The molecule has 0 amide bonds. The van der Waals surface area contributed by atoms with Crippen molar-refractivity contribution in [2.75, 3.05) is 25.2 Å². The highest BCUT2D eigenvalue weighted by Crippen LogP contribution is 2.21. The molecule has 90 valence electrons. The summed E-state index contributed by atoms with van der Waals surface area (Å²) in [6.07, 6.45) is 1.80. The zero-order chi connectivity index (χ0) is 12.0. The molecule has 16 heavy (non-hydrogen) atoms. The number of methoxy groups -OCH3 is 1. The van der Waals surface area contributed by atoms with Gasteiger partial charge in [-0.05, 0) is 31.0 Å². The van der Waals surface area contributed by atoms with Crippen LogP contribution in [0.3, 0.4) is 0 Å². The average molecular weight is 262 g/mol. The number of anilines is 1. The fourth-order valence-electron chi connectivity index (χ4n) is 1.25. The van der Waals surface area contributed by atoms with E-state index in [0.717, 1.165) is 17.7 Å². The SMILES string of the molecule is COCCCCS(=O)c1ccc(N)c(Cl)c1. The molecule has 3 nitrogen and oxygen atoms in total. The Bertz CT molecular complexity index is 371. The van der Waals surface area contributed by atoms with Crippen LogP contribution in [0, 0.1) is 0 Å². The Balaban J connectivity index is 2.50. The van der Waals surface area contributed by atoms with E-state index in [0.29, 0.717) is 23.1 Å². The molecule has 0 heterocycles. The maximum absolute atomic E-state index is 11.8. The highest BCUT2D eigenvalue weighted by molar-refractivity contribution is 7.85. The quantitative estimate of drug-likeness (QED) is 0.632. The smallest absolute Gasteiger partial charge is 0.0647 e. The molecule has 1 rings (SSSR count). The van der Waals surface area contributed by atoms with Crippen molar-refractivity contribution in [3.8, 4) is 0 Å². The summed E-state index contributed by atoms with van der Waals surface area (Å²) in [6, 6.07) is 5.11. The molecule has 2 N–H and O–H groups in total. The van der Waals surface area contributed by atoms with Gasteiger partial charge in [-0.3, -0.25) is 4.21 Å². The van der Waals surface area contributed by atoms with E-state index in [4.69, 9.17) is 22.1 Å². The minimum atomic E-state index is -1.00. The van der Waals surface area contributed by atoms with E-state index < -0.39 is 10.8 Å². The van der Waals surface area contributed by atoms with Gasteiger partial charge in [0.15, 0.2) is 0 Å². The minimum Gasteiger partial charge on any atom is -0.398 e. The van der Waals surface area contributed by atoms with Gasteiger partial charge in [-0.1, -0.05) is 11.6 Å². The van der Waals surface area contributed by atoms with E-state index in [2.05, 4.69) is 0 Å². The summed E-state index contributed by atoms with van der Waals surface area (Å²) in [4.78, 5) is 0.733. The first-order valence-corrected chi connectivity index (χ1v) is 6.77. The predicted molar refractivity (Wildman–Crippen MR) is 68.2 cm³/mol. The van der Waals surface area contributed by atoms with Crippen molar-refractivity contribution in [3.05, 3.63) is 23.2 Å². The average Bonchev–Trinajstić information content (AvgIpc) is 2.28. The van der Waals surface area contributed by atoms with E-state index in [-0.39, 0.29) is 0 Å². The lowest BCUT2D eigenvalue weighted by Gasteiger charge is -2.04. The molecule has 0 aliphatic rings. The molecule has 0 fully saturated rings. The zero-order valence-corrected chi connectivity index (χ0v) is 10.8. The Labute approximate surface area is 103 Å². The molecule has 0 bridgehead atoms. The number of halogens is 1. The van der Waals surface area contributed by atoms with Gasteiger partial charge in [0.25, 0.3) is 0 Å². The lowest BCUT2D eigenvalue weighted by molar-refractivity contribution is 0.194. The molecule has 0 aliphatic heterocycles. The molecular weight excluding hydrogens is 246 g/mol. The predicted octanol–water partition coefficient (Wildman–Crippen LogP) is 2.46. The van der Waals surface area contributed by atoms with E-state index in [1.54, 1.807) is 25.3 Å². The Morgan fingerprint density at radius 3 is 2.81 bits per heavy atom. The van der Waals surface area contributed by atoms with Gasteiger partial charge < -0.3 is 10.5 Å². The Morgan fingerprint density at radius 1 is 1.44 bits per heavy atom. The van der Waals surface area contributed by atoms with Crippen molar-refractivity contribution in [2.24, 2.45) is 0 Å². The van der Waals surface area contributed by atoms with Gasteiger partial charge in [0.2, 0.25) is 0 Å². The summed E-state index contributed by atoms with van der Waals surface area (Å²) < 4.78 is 16.8. The fraction of sp³-hybridized carbons (Fsp3) is 0.455. The van der Waals surface area contributed by atoms with Gasteiger partial charge in [0, 0.05) is 24.4 Å². The van der Waals surface area contributed by atoms with E-state index in [1.165, 1.54) is 0 Å². The lowest BCUT2D eigenvalue weighted by atomic mass is 10.3. The molecule has 1 aromatic rings. The Morgan fingerprint density at radius 2 is 2.19 bits per heavy atom. The van der Waals surface area contributed by atoms with Gasteiger partial charge in [-0.25, -0.2) is 0 Å². The Kier molecular flexibility index (Phi) is 5.80. The molecule has 0 radical (unpaired) electrons. The number of nitrogens with two attached hydrogens (primary N) is 1. The summed E-state index contributed by atoms with van der Waals surface area (Å²) in [5, 5.41) is 0.461. The highest BCUT2D eigenvalue weighted by atomic mass is 35.5. The van der Waals surface area contributed by atoms with Gasteiger partial charge in [0.05, 0.1) is 21.5 Å². The van der Waals surface area contributed by atoms with Crippen molar-refractivity contribution in [3.63, 3.8) is 0 Å². The molecule has 5 heteroatoms. The van der Waals surface area contributed by atoms with Gasteiger partial charge >= 0.3 is 0 Å². The van der Waals surface area contributed by atoms with Crippen LogP contribution in [-0.2, 0) is 15.5 Å². The topological polar surface area (TPSA) is 52.3 Å². The lowest BCUT2D eigenvalue weighted by Crippen LogP contribution is -2.00. The first-order chi connectivity index (χ1) is 7.65. The fourth-order valence-corrected chi connectivity index (χ4v) is 2.66. The number of rotatable bonds is 6. The minimum absolute atomic E-state index is 0.461. The van der Waals surface area contributed by atoms with Crippen LogP contribution >= 0.6 is 11.6 Å². The number of nitrogen functional groups attached to an aromatic ring is 1. The molecule has 0 saturated heterocycles. The van der Waals surface area contributed by atoms with Crippen LogP contribution in [0.2, 0.25) is 5.02 Å². The number of unbranched alkanes of at least 4 members (excludes halogenated alkanes) is 1. The maximum atomic E-state index is 11.8. The van der Waals surface area contributed by atoms with Crippen LogP contribution in [0.5, 0.6) is 0 Å². The molecule has 0 aromatic heterocycles. The van der Waals surface area contributed by atoms with Crippen molar-refractivity contribution in [1.29, 1.82) is 0 Å². The third-order valence-corrected chi connectivity index (χ3v) is 3.93. The second-order valence-electron chi connectivity index (χ2n) is 3.43. The van der Waals surface area contributed by atoms with Crippen LogP contribution in [0.1, 0.15) is 12.8 Å². The number of benzene rings is 1. The van der Waals surface area contributed by atoms with E-state index >= 15 is 0 Å². The van der Waals surface area contributed by atoms with Crippen LogP contribution in [0.4, 0.5) is 5.69 Å². The first kappa shape index (κ1) is 13.5. The molecule has 1 aromatic carbocycles. The first-order valence-electron chi connectivity index (χ1n) is 5.07. The molecule has 0 aliphatic carbocycles. The summed E-state index contributed by atoms with van der Waals surface area (Å²) in [7, 11) is 0.662. The van der Waals surface area contributed by atoms with E-state index in [1.807, 2.05) is 0 Å². The number of ether oxygens (including phenoxy) is 1. The standard InChI is InChI=1S/C11H16ClNO2S/c1-15-6-2-3-7-16(14)9-4-5-11(13)10(12)8-9/h4-5,8H,2-3,6-7,13H2,1H3. The molecule has 1 unspecified atom stereocenters. The van der Waals surface area contributed by atoms with Crippen molar-refractivity contribution in [1.82, 2.24) is 0 Å². The monoisotopic (exact) mass is 261 g/mol. The number of hydrogen-bond acceptors (Lipinski definition) is 3. The van der Waals surface area contributed by atoms with Crippen LogP contribution in [0.15, 0.2) is 23.1 Å². The second kappa shape index (κ2) is 6.89. The molecule has 0 spiro atoms. The van der Waals surface area contributed by atoms with Crippen molar-refractivity contribution in [2.45, 2.75) is 17.7 Å².